The number of hydrogen-bond donors (Lipinski definition) is 2. The molecule has 0 amide bonds. The fourth-order valence-electron chi connectivity index (χ4n) is 2.45. The van der Waals surface area contributed by atoms with Crippen molar-refractivity contribution in [3.8, 4) is 11.5 Å². The second-order valence-electron chi connectivity index (χ2n) is 5.97. The smallest absolute Gasteiger partial charge is 0.387 e. The highest BCUT2D eigenvalue weighted by molar-refractivity contribution is 14.0. The molecule has 2 aromatic rings. The average molecular weight is 536 g/mol. The van der Waals surface area contributed by atoms with Gasteiger partial charge in [0, 0.05) is 19.2 Å². The van der Waals surface area contributed by atoms with Crippen LogP contribution in [0.4, 0.5) is 8.78 Å². The van der Waals surface area contributed by atoms with Gasteiger partial charge in [-0.25, -0.2) is 4.99 Å². The van der Waals surface area contributed by atoms with Crippen LogP contribution in [0.1, 0.15) is 24.1 Å². The van der Waals surface area contributed by atoms with E-state index in [1.54, 1.807) is 31.2 Å². The van der Waals surface area contributed by atoms with Crippen LogP contribution < -0.4 is 20.1 Å². The van der Waals surface area contributed by atoms with Gasteiger partial charge in [-0.05, 0) is 19.9 Å². The normalized spacial score (nSPS) is 11.1. The summed E-state index contributed by atoms with van der Waals surface area (Å²) < 4.78 is 37.7. The van der Waals surface area contributed by atoms with Crippen LogP contribution in [0.2, 0.25) is 0 Å². The number of guanidine groups is 1. The summed E-state index contributed by atoms with van der Waals surface area (Å²) in [6.07, 6.45) is 1.69. The highest BCUT2D eigenvalue weighted by Gasteiger charge is 2.16. The van der Waals surface area contributed by atoms with Gasteiger partial charge in [0.05, 0.1) is 19.7 Å². The fraction of sp³-hybridized carbons (Fsp3) is 0.421. The molecule has 30 heavy (non-hydrogen) atoms. The van der Waals surface area contributed by atoms with Crippen LogP contribution in [-0.2, 0) is 20.1 Å². The summed E-state index contributed by atoms with van der Waals surface area (Å²) in [5.41, 5.74) is 0.477. The zero-order valence-corrected chi connectivity index (χ0v) is 19.5. The number of nitrogens with one attached hydrogen (secondary N) is 2. The van der Waals surface area contributed by atoms with Crippen molar-refractivity contribution in [1.82, 2.24) is 25.4 Å². The maximum atomic E-state index is 12.9. The van der Waals surface area contributed by atoms with Gasteiger partial charge in [0.15, 0.2) is 23.3 Å². The van der Waals surface area contributed by atoms with Gasteiger partial charge in [-0.2, -0.15) is 8.78 Å². The lowest BCUT2D eigenvalue weighted by Gasteiger charge is -2.15. The van der Waals surface area contributed by atoms with E-state index in [1.807, 2.05) is 18.5 Å². The first-order valence-corrected chi connectivity index (χ1v) is 9.13. The Labute approximate surface area is 191 Å². The van der Waals surface area contributed by atoms with Gasteiger partial charge in [0.1, 0.15) is 5.82 Å². The molecule has 0 radical (unpaired) electrons. The van der Waals surface area contributed by atoms with Gasteiger partial charge in [-0.3, -0.25) is 0 Å². The van der Waals surface area contributed by atoms with E-state index in [0.717, 1.165) is 11.6 Å². The van der Waals surface area contributed by atoms with Gasteiger partial charge < -0.3 is 24.7 Å². The Kier molecular flexibility index (Phi) is 11.1. The third-order valence-corrected chi connectivity index (χ3v) is 3.99. The molecule has 0 atom stereocenters. The third-order valence-electron chi connectivity index (χ3n) is 3.99. The monoisotopic (exact) mass is 536 g/mol. The number of ether oxygens (including phenoxy) is 2. The number of nitrogens with zero attached hydrogens (tertiary/aromatic N) is 4. The number of hydrogen-bond acceptors (Lipinski definition) is 5. The molecule has 0 aliphatic carbocycles. The summed E-state index contributed by atoms with van der Waals surface area (Å²) in [6.45, 7) is 5.64. The molecule has 0 spiro atoms. The highest BCUT2D eigenvalue weighted by Crippen LogP contribution is 2.33. The second kappa shape index (κ2) is 13.0. The number of halogens is 3. The Hall–Kier alpha value is -2.44. The molecule has 166 valence electrons. The lowest BCUT2D eigenvalue weighted by Crippen LogP contribution is -2.37. The molecule has 2 rings (SSSR count). The van der Waals surface area contributed by atoms with E-state index in [-0.39, 0.29) is 42.0 Å². The van der Waals surface area contributed by atoms with E-state index in [0.29, 0.717) is 31.2 Å². The maximum Gasteiger partial charge on any atom is 0.387 e. The molecule has 0 saturated heterocycles. The van der Waals surface area contributed by atoms with Crippen LogP contribution >= 0.6 is 24.0 Å². The maximum absolute atomic E-state index is 12.9. The summed E-state index contributed by atoms with van der Waals surface area (Å²) in [4.78, 5) is 4.46. The first-order valence-electron chi connectivity index (χ1n) is 9.13. The van der Waals surface area contributed by atoms with Gasteiger partial charge >= 0.3 is 6.61 Å². The number of aryl methyl sites for hydroxylation is 1. The number of rotatable bonds is 10. The van der Waals surface area contributed by atoms with Crippen LogP contribution in [0.15, 0.2) is 35.8 Å². The van der Waals surface area contributed by atoms with Gasteiger partial charge in [0.25, 0.3) is 0 Å². The number of alkyl halides is 2. The van der Waals surface area contributed by atoms with E-state index in [1.165, 1.54) is 0 Å². The fourth-order valence-corrected chi connectivity index (χ4v) is 2.45. The molecular formula is C19H27F2IN6O2. The molecule has 1 aromatic heterocycles. The Morgan fingerprint density at radius 3 is 2.70 bits per heavy atom. The zero-order chi connectivity index (χ0) is 21.2. The van der Waals surface area contributed by atoms with Crippen LogP contribution in [0.25, 0.3) is 0 Å². The quantitative estimate of drug-likeness (QED) is 0.210. The topological polar surface area (TPSA) is 85.6 Å². The van der Waals surface area contributed by atoms with Crippen molar-refractivity contribution in [1.29, 1.82) is 0 Å². The highest BCUT2D eigenvalue weighted by atomic mass is 127. The molecule has 1 aromatic carbocycles. The lowest BCUT2D eigenvalue weighted by atomic mass is 10.2. The second-order valence-corrected chi connectivity index (χ2v) is 5.97. The largest absolute Gasteiger partial charge is 0.490 e. The van der Waals surface area contributed by atoms with E-state index in [4.69, 9.17) is 4.74 Å². The van der Waals surface area contributed by atoms with Crippen molar-refractivity contribution >= 4 is 29.9 Å². The van der Waals surface area contributed by atoms with Crippen molar-refractivity contribution in [3.05, 3.63) is 48.1 Å². The molecule has 11 heteroatoms. The van der Waals surface area contributed by atoms with Gasteiger partial charge in [-0.1, -0.05) is 18.2 Å². The predicted octanol–water partition coefficient (Wildman–Crippen LogP) is 3.16. The van der Waals surface area contributed by atoms with Crippen LogP contribution in [0.3, 0.4) is 0 Å². The number of benzene rings is 1. The van der Waals surface area contributed by atoms with E-state index >= 15 is 0 Å². The van der Waals surface area contributed by atoms with Crippen LogP contribution in [0.5, 0.6) is 11.5 Å². The molecule has 1 heterocycles. The molecule has 8 nitrogen and oxygen atoms in total. The molecule has 2 N–H and O–H groups in total. The SMILES string of the molecule is C=CCNC(=NCc1cccc(OCC)c1OC(F)F)NCc1nnc(C)n1C.I. The van der Waals surface area contributed by atoms with Gasteiger partial charge in [0.2, 0.25) is 0 Å². The Balaban J connectivity index is 0.00000450. The Morgan fingerprint density at radius 2 is 2.10 bits per heavy atom. The van der Waals surface area contributed by atoms with E-state index in [2.05, 4.69) is 37.1 Å². The Bertz CT molecular complexity index is 844. The number of aromatic nitrogens is 3. The van der Waals surface area contributed by atoms with Crippen molar-refractivity contribution in [2.75, 3.05) is 13.2 Å². The number of aliphatic imine (C=N–C) groups is 1. The summed E-state index contributed by atoms with van der Waals surface area (Å²) in [6, 6.07) is 4.96. The lowest BCUT2D eigenvalue weighted by molar-refractivity contribution is -0.0520. The minimum Gasteiger partial charge on any atom is -0.490 e. The molecule has 0 aliphatic heterocycles. The van der Waals surface area contributed by atoms with Crippen LogP contribution in [0, 0.1) is 6.92 Å². The van der Waals surface area contributed by atoms with Crippen molar-refractivity contribution < 1.29 is 18.3 Å². The molecular weight excluding hydrogens is 509 g/mol. The zero-order valence-electron chi connectivity index (χ0n) is 17.2. The third kappa shape index (κ3) is 7.43. The van der Waals surface area contributed by atoms with Crippen molar-refractivity contribution in [2.24, 2.45) is 12.0 Å². The molecule has 0 aliphatic rings. The minimum atomic E-state index is -2.96. The van der Waals surface area contributed by atoms with E-state index in [9.17, 15) is 8.78 Å². The van der Waals surface area contributed by atoms with Gasteiger partial charge in [-0.15, -0.1) is 40.8 Å². The minimum absolute atomic E-state index is 0. The Morgan fingerprint density at radius 1 is 1.33 bits per heavy atom. The van der Waals surface area contributed by atoms with Crippen molar-refractivity contribution in [2.45, 2.75) is 33.5 Å². The van der Waals surface area contributed by atoms with E-state index < -0.39 is 6.61 Å². The number of para-hydroxylation sites is 1. The molecule has 0 saturated carbocycles. The van der Waals surface area contributed by atoms with Crippen molar-refractivity contribution in [3.63, 3.8) is 0 Å². The summed E-state index contributed by atoms with van der Waals surface area (Å²) in [5, 5.41) is 14.3. The average Bonchev–Trinajstić information content (AvgIpc) is 3.01. The standard InChI is InChI=1S/C19H26F2N6O2.HI/c1-5-10-22-19(24-12-16-26-25-13(3)27(16)4)23-11-14-8-7-9-15(28-6-2)17(14)29-18(20)21;/h5,7-9,18H,1,6,10-12H2,2-4H3,(H2,22,23,24);1H. The summed E-state index contributed by atoms with van der Waals surface area (Å²) in [5.74, 6) is 2.23. The first kappa shape index (κ1) is 25.6. The predicted molar refractivity (Wildman–Crippen MR) is 122 cm³/mol. The summed E-state index contributed by atoms with van der Waals surface area (Å²) >= 11 is 0. The molecule has 0 bridgehead atoms. The summed E-state index contributed by atoms with van der Waals surface area (Å²) in [7, 11) is 1.87. The van der Waals surface area contributed by atoms with Crippen LogP contribution in [-0.4, -0.2) is 40.5 Å². The first-order chi connectivity index (χ1) is 14.0. The molecule has 0 unspecified atom stereocenters. The molecule has 0 fully saturated rings.